The second kappa shape index (κ2) is 6.26. The highest BCUT2D eigenvalue weighted by Crippen LogP contribution is 2.24. The van der Waals surface area contributed by atoms with Crippen LogP contribution >= 0.6 is 0 Å². The van der Waals surface area contributed by atoms with Gasteiger partial charge in [0, 0.05) is 18.7 Å². The molecule has 0 atom stereocenters. The van der Waals surface area contributed by atoms with Gasteiger partial charge in [-0.3, -0.25) is 9.36 Å². The summed E-state index contributed by atoms with van der Waals surface area (Å²) in [6.07, 6.45) is 7.38. The van der Waals surface area contributed by atoms with E-state index in [0.29, 0.717) is 6.54 Å². The Hall–Kier alpha value is -2.37. The molecule has 0 saturated carbocycles. The van der Waals surface area contributed by atoms with Gasteiger partial charge in [0.15, 0.2) is 0 Å². The van der Waals surface area contributed by atoms with Gasteiger partial charge in [-0.05, 0) is 55.4 Å². The second-order valence-electron chi connectivity index (χ2n) is 6.70. The van der Waals surface area contributed by atoms with Gasteiger partial charge in [0.05, 0.1) is 0 Å². The van der Waals surface area contributed by atoms with Crippen LogP contribution in [-0.2, 0) is 37.1 Å². The molecule has 0 saturated heterocycles. The van der Waals surface area contributed by atoms with E-state index in [-0.39, 0.29) is 18.1 Å². The zero-order valence-corrected chi connectivity index (χ0v) is 13.8. The first-order chi connectivity index (χ1) is 11.7. The second-order valence-corrected chi connectivity index (χ2v) is 6.70. The summed E-state index contributed by atoms with van der Waals surface area (Å²) < 4.78 is 3.01. The summed E-state index contributed by atoms with van der Waals surface area (Å²) in [5, 5.41) is 7.25. The summed E-state index contributed by atoms with van der Waals surface area (Å²) in [5.74, 6) is 0.603. The van der Waals surface area contributed by atoms with Crippen LogP contribution in [0.15, 0.2) is 23.0 Å². The topological polar surface area (TPSA) is 68.9 Å². The fourth-order valence-corrected chi connectivity index (χ4v) is 3.71. The molecule has 0 bridgehead atoms. The lowest BCUT2D eigenvalue weighted by Crippen LogP contribution is -2.30. The van der Waals surface area contributed by atoms with E-state index in [1.807, 2.05) is 12.1 Å². The van der Waals surface area contributed by atoms with Gasteiger partial charge in [-0.15, -0.1) is 0 Å². The number of benzene rings is 1. The maximum atomic E-state index is 12.4. The van der Waals surface area contributed by atoms with Crippen LogP contribution in [0, 0.1) is 0 Å². The van der Waals surface area contributed by atoms with Crippen molar-refractivity contribution in [2.24, 2.45) is 0 Å². The molecule has 2 aromatic rings. The molecule has 0 radical (unpaired) electrons. The van der Waals surface area contributed by atoms with Crippen LogP contribution in [0.3, 0.4) is 0 Å². The van der Waals surface area contributed by atoms with Gasteiger partial charge in [0.2, 0.25) is 5.91 Å². The maximum Gasteiger partial charge on any atom is 0.346 e. The van der Waals surface area contributed by atoms with Gasteiger partial charge < -0.3 is 5.32 Å². The van der Waals surface area contributed by atoms with E-state index in [9.17, 15) is 9.59 Å². The molecular weight excluding hydrogens is 304 g/mol. The number of carbonyl (C=O) groups is 1. The van der Waals surface area contributed by atoms with Crippen LogP contribution < -0.4 is 11.0 Å². The van der Waals surface area contributed by atoms with Crippen LogP contribution in [0.2, 0.25) is 0 Å². The Labute approximate surface area is 140 Å². The molecule has 2 heterocycles. The van der Waals surface area contributed by atoms with Crippen molar-refractivity contribution >= 4 is 11.6 Å². The lowest BCUT2D eigenvalue weighted by atomic mass is 10.1. The SMILES string of the molecule is O=C(Cn1nc2n(c1=O)CCCCC2)Nc1ccc2c(c1)CCC2. The molecule has 0 spiro atoms. The number of amides is 1. The van der Waals surface area contributed by atoms with Crippen LogP contribution in [0.1, 0.15) is 42.6 Å². The minimum atomic E-state index is -0.205. The Morgan fingerprint density at radius 3 is 2.88 bits per heavy atom. The van der Waals surface area contributed by atoms with Gasteiger partial charge in [-0.2, -0.15) is 5.10 Å². The summed E-state index contributed by atoms with van der Waals surface area (Å²) in [6.45, 7) is 0.677. The highest BCUT2D eigenvalue weighted by molar-refractivity contribution is 5.90. The Morgan fingerprint density at radius 1 is 1.08 bits per heavy atom. The molecule has 6 nitrogen and oxygen atoms in total. The third-order valence-electron chi connectivity index (χ3n) is 4.96. The van der Waals surface area contributed by atoms with Crippen molar-refractivity contribution in [2.45, 2.75) is 58.0 Å². The van der Waals surface area contributed by atoms with E-state index in [0.717, 1.165) is 50.0 Å². The number of hydrogen-bond acceptors (Lipinski definition) is 3. The fourth-order valence-electron chi connectivity index (χ4n) is 3.71. The monoisotopic (exact) mass is 326 g/mol. The summed E-state index contributed by atoms with van der Waals surface area (Å²) in [7, 11) is 0. The molecule has 0 fully saturated rings. The molecule has 1 amide bonds. The highest BCUT2D eigenvalue weighted by Gasteiger charge is 2.17. The minimum Gasteiger partial charge on any atom is -0.324 e. The van der Waals surface area contributed by atoms with Gasteiger partial charge in [0.1, 0.15) is 12.4 Å². The third-order valence-corrected chi connectivity index (χ3v) is 4.96. The molecular formula is C18H22N4O2. The van der Waals surface area contributed by atoms with Crippen LogP contribution in [0.5, 0.6) is 0 Å². The molecule has 1 aromatic heterocycles. The maximum absolute atomic E-state index is 12.4. The number of carbonyl (C=O) groups excluding carboxylic acids is 1. The number of anilines is 1. The van der Waals surface area contributed by atoms with Crippen molar-refractivity contribution in [3.05, 3.63) is 45.6 Å². The number of rotatable bonds is 3. The standard InChI is InChI=1S/C18H22N4O2/c23-17(19-15-9-8-13-5-4-6-14(13)11-15)12-22-18(24)21-10-3-1-2-7-16(21)20-22/h8-9,11H,1-7,10,12H2,(H,19,23). The van der Waals surface area contributed by atoms with E-state index in [1.165, 1.54) is 22.2 Å². The quantitative estimate of drug-likeness (QED) is 0.936. The molecule has 1 aromatic carbocycles. The molecule has 1 N–H and O–H groups in total. The normalized spacial score (nSPS) is 16.3. The molecule has 0 unspecified atom stereocenters. The average Bonchev–Trinajstić information content (AvgIpc) is 3.05. The van der Waals surface area contributed by atoms with Crippen molar-refractivity contribution in [3.63, 3.8) is 0 Å². The van der Waals surface area contributed by atoms with E-state index < -0.39 is 0 Å². The average molecular weight is 326 g/mol. The van der Waals surface area contributed by atoms with Crippen molar-refractivity contribution in [1.82, 2.24) is 14.3 Å². The first kappa shape index (κ1) is 15.2. The first-order valence-electron chi connectivity index (χ1n) is 8.79. The highest BCUT2D eigenvalue weighted by atomic mass is 16.2. The summed E-state index contributed by atoms with van der Waals surface area (Å²) in [4.78, 5) is 24.7. The first-order valence-corrected chi connectivity index (χ1v) is 8.79. The largest absolute Gasteiger partial charge is 0.346 e. The van der Waals surface area contributed by atoms with Crippen molar-refractivity contribution in [2.75, 3.05) is 5.32 Å². The number of nitrogens with one attached hydrogen (secondary N) is 1. The van der Waals surface area contributed by atoms with Crippen LogP contribution in [0.4, 0.5) is 5.69 Å². The van der Waals surface area contributed by atoms with Crippen LogP contribution in [-0.4, -0.2) is 20.3 Å². The van der Waals surface area contributed by atoms with E-state index in [2.05, 4.69) is 16.5 Å². The molecule has 2 aliphatic rings. The molecule has 126 valence electrons. The smallest absolute Gasteiger partial charge is 0.324 e. The minimum absolute atomic E-state index is 0.0318. The zero-order chi connectivity index (χ0) is 16.5. The van der Waals surface area contributed by atoms with Gasteiger partial charge in [-0.25, -0.2) is 9.48 Å². The Morgan fingerprint density at radius 2 is 1.96 bits per heavy atom. The van der Waals surface area contributed by atoms with Gasteiger partial charge >= 0.3 is 5.69 Å². The lowest BCUT2D eigenvalue weighted by molar-refractivity contribution is -0.117. The van der Waals surface area contributed by atoms with Crippen molar-refractivity contribution in [1.29, 1.82) is 0 Å². The van der Waals surface area contributed by atoms with E-state index in [4.69, 9.17) is 0 Å². The summed E-state index contributed by atoms with van der Waals surface area (Å²) in [5.41, 5.74) is 3.33. The van der Waals surface area contributed by atoms with Gasteiger partial charge in [-0.1, -0.05) is 12.5 Å². The van der Waals surface area contributed by atoms with E-state index in [1.54, 1.807) is 4.57 Å². The predicted molar refractivity (Wildman–Crippen MR) is 91.1 cm³/mol. The molecule has 4 rings (SSSR count). The number of hydrogen-bond donors (Lipinski definition) is 1. The molecule has 24 heavy (non-hydrogen) atoms. The summed E-state index contributed by atoms with van der Waals surface area (Å²) in [6, 6.07) is 6.07. The number of fused-ring (bicyclic) bond motifs is 2. The Bertz CT molecular complexity index is 834. The van der Waals surface area contributed by atoms with Crippen LogP contribution in [0.25, 0.3) is 0 Å². The van der Waals surface area contributed by atoms with E-state index >= 15 is 0 Å². The lowest BCUT2D eigenvalue weighted by Gasteiger charge is -2.07. The third kappa shape index (κ3) is 2.88. The predicted octanol–water partition coefficient (Wildman–Crippen LogP) is 1.90. The molecule has 1 aliphatic heterocycles. The summed E-state index contributed by atoms with van der Waals surface area (Å²) >= 11 is 0. The zero-order valence-electron chi connectivity index (χ0n) is 13.8. The van der Waals surface area contributed by atoms with Gasteiger partial charge in [0.25, 0.3) is 0 Å². The molecule has 6 heteroatoms. The number of aryl methyl sites for hydroxylation is 3. The van der Waals surface area contributed by atoms with Crippen molar-refractivity contribution < 1.29 is 4.79 Å². The Balaban J connectivity index is 1.47. The Kier molecular flexibility index (Phi) is 3.96. The number of nitrogens with zero attached hydrogens (tertiary/aromatic N) is 3. The fraction of sp³-hybridized carbons (Fsp3) is 0.500. The molecule has 1 aliphatic carbocycles. The van der Waals surface area contributed by atoms with Crippen molar-refractivity contribution in [3.8, 4) is 0 Å². The number of aromatic nitrogens is 3.